The van der Waals surface area contributed by atoms with Crippen molar-refractivity contribution in [3.8, 4) is 5.75 Å². The van der Waals surface area contributed by atoms with Gasteiger partial charge in [-0.15, -0.1) is 0 Å². The number of rotatable bonds is 5. The standard InChI is InChI=1S/C16H24BrN3O4/c1-9(21)15(18)16(23)19-10-3-5-11(6-4-10)24-13-7-14(22)20(2)8-12(13)17/h7-11,15,21H,3-6,18H2,1-2H3,(H,19,23)/t9-,10?,11?,15+/m1/s1. The zero-order chi connectivity index (χ0) is 17.9. The minimum absolute atomic E-state index is 0.00648. The van der Waals surface area contributed by atoms with Gasteiger partial charge in [-0.1, -0.05) is 0 Å². The summed E-state index contributed by atoms with van der Waals surface area (Å²) in [5, 5.41) is 12.2. The number of aromatic nitrogens is 1. The third-order valence-corrected chi connectivity index (χ3v) is 4.88. The van der Waals surface area contributed by atoms with Crippen LogP contribution in [-0.4, -0.2) is 39.9 Å². The van der Waals surface area contributed by atoms with Crippen molar-refractivity contribution in [2.45, 2.75) is 56.9 Å². The summed E-state index contributed by atoms with van der Waals surface area (Å²) in [6, 6.07) is 0.601. The van der Waals surface area contributed by atoms with E-state index in [4.69, 9.17) is 10.5 Å². The smallest absolute Gasteiger partial charge is 0.254 e. The summed E-state index contributed by atoms with van der Waals surface area (Å²) in [5.74, 6) is 0.213. The maximum atomic E-state index is 11.9. The lowest BCUT2D eigenvalue weighted by atomic mass is 9.92. The van der Waals surface area contributed by atoms with Gasteiger partial charge in [-0.2, -0.15) is 0 Å². The van der Waals surface area contributed by atoms with Gasteiger partial charge in [0.05, 0.1) is 16.7 Å². The Labute approximate surface area is 149 Å². The van der Waals surface area contributed by atoms with Gasteiger partial charge < -0.3 is 25.5 Å². The molecule has 7 nitrogen and oxygen atoms in total. The molecule has 0 bridgehead atoms. The molecule has 2 rings (SSSR count). The van der Waals surface area contributed by atoms with Crippen LogP contribution in [0.15, 0.2) is 21.5 Å². The number of hydrogen-bond donors (Lipinski definition) is 3. The van der Waals surface area contributed by atoms with Crippen LogP contribution in [0.25, 0.3) is 0 Å². The topological polar surface area (TPSA) is 107 Å². The summed E-state index contributed by atoms with van der Waals surface area (Å²) in [7, 11) is 1.68. The third-order valence-electron chi connectivity index (χ3n) is 4.28. The molecule has 1 heterocycles. The lowest BCUT2D eigenvalue weighted by molar-refractivity contribution is -0.125. The first kappa shape index (κ1) is 19.0. The molecule has 2 atom stereocenters. The number of aliphatic hydroxyl groups is 1. The molecule has 1 aliphatic carbocycles. The van der Waals surface area contributed by atoms with E-state index >= 15 is 0 Å². The number of carbonyl (C=O) groups is 1. The second-order valence-corrected chi connectivity index (χ2v) is 7.16. The fourth-order valence-electron chi connectivity index (χ4n) is 2.69. The van der Waals surface area contributed by atoms with Gasteiger partial charge in [-0.3, -0.25) is 9.59 Å². The van der Waals surface area contributed by atoms with Crippen molar-refractivity contribution in [2.75, 3.05) is 0 Å². The summed E-state index contributed by atoms with van der Waals surface area (Å²) in [4.78, 5) is 23.6. The minimum atomic E-state index is -0.907. The van der Waals surface area contributed by atoms with Gasteiger partial charge in [-0.25, -0.2) is 0 Å². The Morgan fingerprint density at radius 1 is 1.46 bits per heavy atom. The molecule has 1 aromatic rings. The largest absolute Gasteiger partial charge is 0.489 e. The van der Waals surface area contributed by atoms with E-state index < -0.39 is 12.1 Å². The van der Waals surface area contributed by atoms with Crippen LogP contribution in [0.2, 0.25) is 0 Å². The first-order valence-electron chi connectivity index (χ1n) is 8.04. The molecule has 1 aromatic heterocycles. The van der Waals surface area contributed by atoms with Crippen molar-refractivity contribution in [1.29, 1.82) is 0 Å². The average Bonchev–Trinajstić information content (AvgIpc) is 2.53. The molecule has 1 fully saturated rings. The number of halogens is 1. The number of aliphatic hydroxyl groups excluding tert-OH is 1. The molecule has 0 unspecified atom stereocenters. The lowest BCUT2D eigenvalue weighted by Crippen LogP contribution is -2.51. The predicted molar refractivity (Wildman–Crippen MR) is 93.9 cm³/mol. The molecule has 0 saturated heterocycles. The van der Waals surface area contributed by atoms with Gasteiger partial charge in [0.15, 0.2) is 0 Å². The molecular formula is C16H24BrN3O4. The van der Waals surface area contributed by atoms with Crippen LogP contribution in [0.3, 0.4) is 0 Å². The Bertz CT molecular complexity index is 639. The van der Waals surface area contributed by atoms with Crippen LogP contribution in [0, 0.1) is 0 Å². The highest BCUT2D eigenvalue weighted by Crippen LogP contribution is 2.28. The minimum Gasteiger partial charge on any atom is -0.489 e. The van der Waals surface area contributed by atoms with E-state index in [0.717, 1.165) is 30.2 Å². The molecule has 0 radical (unpaired) electrons. The number of aryl methyl sites for hydroxylation is 1. The fraction of sp³-hybridized carbons (Fsp3) is 0.625. The van der Waals surface area contributed by atoms with Gasteiger partial charge in [0.25, 0.3) is 5.56 Å². The molecule has 0 aromatic carbocycles. The van der Waals surface area contributed by atoms with Crippen LogP contribution in [-0.2, 0) is 11.8 Å². The van der Waals surface area contributed by atoms with Crippen LogP contribution >= 0.6 is 15.9 Å². The highest BCUT2D eigenvalue weighted by atomic mass is 79.9. The van der Waals surface area contributed by atoms with Crippen LogP contribution < -0.4 is 21.3 Å². The van der Waals surface area contributed by atoms with E-state index in [0.29, 0.717) is 5.75 Å². The summed E-state index contributed by atoms with van der Waals surface area (Å²) in [5.41, 5.74) is 5.50. The first-order chi connectivity index (χ1) is 11.3. The van der Waals surface area contributed by atoms with Gasteiger partial charge in [0, 0.05) is 25.4 Å². The molecule has 134 valence electrons. The summed E-state index contributed by atoms with van der Waals surface area (Å²) >= 11 is 3.40. The highest BCUT2D eigenvalue weighted by Gasteiger charge is 2.27. The SMILES string of the molecule is C[C@@H](O)[C@H](N)C(=O)NC1CCC(Oc2cc(=O)n(C)cc2Br)CC1. The van der Waals surface area contributed by atoms with E-state index in [1.54, 1.807) is 13.2 Å². The predicted octanol–water partition coefficient (Wildman–Crippen LogP) is 0.662. The zero-order valence-electron chi connectivity index (χ0n) is 13.9. The second kappa shape index (κ2) is 8.13. The number of nitrogens with two attached hydrogens (primary N) is 1. The van der Waals surface area contributed by atoms with Gasteiger partial charge >= 0.3 is 0 Å². The van der Waals surface area contributed by atoms with Gasteiger partial charge in [0.1, 0.15) is 11.8 Å². The molecule has 1 saturated carbocycles. The Morgan fingerprint density at radius 3 is 2.67 bits per heavy atom. The van der Waals surface area contributed by atoms with E-state index in [1.807, 2.05) is 0 Å². The number of pyridine rings is 1. The Hall–Kier alpha value is -1.38. The van der Waals surface area contributed by atoms with Crippen molar-refractivity contribution in [3.63, 3.8) is 0 Å². The number of nitrogens with zero attached hydrogens (tertiary/aromatic N) is 1. The van der Waals surface area contributed by atoms with Gasteiger partial charge in [-0.05, 0) is 48.5 Å². The monoisotopic (exact) mass is 401 g/mol. The van der Waals surface area contributed by atoms with E-state index in [2.05, 4.69) is 21.2 Å². The number of hydrogen-bond acceptors (Lipinski definition) is 5. The number of carbonyl (C=O) groups excluding carboxylic acids is 1. The molecule has 0 aliphatic heterocycles. The second-order valence-electron chi connectivity index (χ2n) is 6.30. The number of ether oxygens (including phenoxy) is 1. The van der Waals surface area contributed by atoms with Crippen molar-refractivity contribution < 1.29 is 14.6 Å². The summed E-state index contributed by atoms with van der Waals surface area (Å²) in [6.45, 7) is 1.50. The zero-order valence-corrected chi connectivity index (χ0v) is 15.5. The van der Waals surface area contributed by atoms with Gasteiger partial charge in [0.2, 0.25) is 5.91 Å². The molecule has 24 heavy (non-hydrogen) atoms. The Kier molecular flexibility index (Phi) is 6.42. The van der Waals surface area contributed by atoms with E-state index in [9.17, 15) is 14.7 Å². The molecule has 4 N–H and O–H groups in total. The van der Waals surface area contributed by atoms with E-state index in [1.165, 1.54) is 17.6 Å². The molecule has 0 spiro atoms. The normalized spacial score (nSPS) is 23.4. The number of amides is 1. The Balaban J connectivity index is 1.86. The molecule has 8 heteroatoms. The van der Waals surface area contributed by atoms with Crippen LogP contribution in [0.1, 0.15) is 32.6 Å². The quantitative estimate of drug-likeness (QED) is 0.671. The van der Waals surface area contributed by atoms with Crippen molar-refractivity contribution >= 4 is 21.8 Å². The summed E-state index contributed by atoms with van der Waals surface area (Å²) < 4.78 is 8.14. The summed E-state index contributed by atoms with van der Waals surface area (Å²) in [6.07, 6.45) is 3.90. The first-order valence-corrected chi connectivity index (χ1v) is 8.84. The maximum absolute atomic E-state index is 11.9. The lowest BCUT2D eigenvalue weighted by Gasteiger charge is -2.30. The van der Waals surface area contributed by atoms with Crippen molar-refractivity contribution in [2.24, 2.45) is 12.8 Å². The van der Waals surface area contributed by atoms with Crippen LogP contribution in [0.4, 0.5) is 0 Å². The Morgan fingerprint density at radius 2 is 2.08 bits per heavy atom. The van der Waals surface area contributed by atoms with Crippen molar-refractivity contribution in [1.82, 2.24) is 9.88 Å². The maximum Gasteiger partial charge on any atom is 0.254 e. The van der Waals surface area contributed by atoms with Crippen molar-refractivity contribution in [3.05, 3.63) is 27.1 Å². The highest BCUT2D eigenvalue weighted by molar-refractivity contribution is 9.10. The molecule has 1 amide bonds. The average molecular weight is 402 g/mol. The third kappa shape index (κ3) is 4.81. The number of nitrogens with one attached hydrogen (secondary N) is 1. The molecular weight excluding hydrogens is 378 g/mol. The molecule has 1 aliphatic rings. The van der Waals surface area contributed by atoms with E-state index in [-0.39, 0.29) is 23.6 Å². The fourth-order valence-corrected chi connectivity index (χ4v) is 3.21. The van der Waals surface area contributed by atoms with Crippen LogP contribution in [0.5, 0.6) is 5.75 Å².